The lowest BCUT2D eigenvalue weighted by atomic mass is 10.1. The Hall–Kier alpha value is -1.58. The van der Waals surface area contributed by atoms with Crippen molar-refractivity contribution in [1.29, 1.82) is 0 Å². The zero-order valence-corrected chi connectivity index (χ0v) is 11.2. The van der Waals surface area contributed by atoms with Gasteiger partial charge in [-0.25, -0.2) is 4.79 Å². The van der Waals surface area contributed by atoms with Crippen LogP contribution in [0.1, 0.15) is 45.2 Å². The topological polar surface area (TPSA) is 42.4 Å². The van der Waals surface area contributed by atoms with Gasteiger partial charge in [-0.1, -0.05) is 6.07 Å². The van der Waals surface area contributed by atoms with Gasteiger partial charge in [0.1, 0.15) is 5.60 Å². The van der Waals surface area contributed by atoms with Crippen molar-refractivity contribution in [3.63, 3.8) is 0 Å². The van der Waals surface area contributed by atoms with E-state index in [9.17, 15) is 4.79 Å². The van der Waals surface area contributed by atoms with Crippen molar-refractivity contribution in [2.24, 2.45) is 0 Å². The first-order chi connectivity index (χ1) is 8.47. The molecule has 18 heavy (non-hydrogen) atoms. The Morgan fingerprint density at radius 3 is 2.89 bits per heavy atom. The molecular weight excluding hydrogens is 228 g/mol. The Kier molecular flexibility index (Phi) is 3.55. The Labute approximate surface area is 108 Å². The number of hydrogen-bond acceptors (Lipinski definition) is 3. The smallest absolute Gasteiger partial charge is 0.410 e. The number of carbonyl (C=O) groups excluding carboxylic acids is 1. The van der Waals surface area contributed by atoms with Gasteiger partial charge in [-0.05, 0) is 45.2 Å². The van der Waals surface area contributed by atoms with Crippen molar-refractivity contribution in [3.8, 4) is 0 Å². The molecular formula is C14H20N2O2. The first-order valence-electron chi connectivity index (χ1n) is 6.37. The van der Waals surface area contributed by atoms with Gasteiger partial charge in [0.25, 0.3) is 0 Å². The molecule has 1 atom stereocenters. The van der Waals surface area contributed by atoms with Crippen LogP contribution in [-0.4, -0.2) is 28.1 Å². The molecule has 4 heteroatoms. The molecule has 0 spiro atoms. The van der Waals surface area contributed by atoms with Crippen LogP contribution in [0.25, 0.3) is 0 Å². The SMILES string of the molecule is CC(C)(C)OC(=O)N1CCC[C@@H]1c1cccnc1. The number of ether oxygens (including phenoxy) is 1. The first-order valence-corrected chi connectivity index (χ1v) is 6.37. The number of pyridine rings is 1. The molecule has 2 heterocycles. The van der Waals surface area contributed by atoms with Gasteiger partial charge >= 0.3 is 6.09 Å². The van der Waals surface area contributed by atoms with E-state index in [0.717, 1.165) is 24.9 Å². The third-order valence-corrected chi connectivity index (χ3v) is 2.95. The molecule has 1 aliphatic rings. The minimum Gasteiger partial charge on any atom is -0.444 e. The monoisotopic (exact) mass is 248 g/mol. The molecule has 1 aromatic heterocycles. The van der Waals surface area contributed by atoms with Crippen LogP contribution in [0.3, 0.4) is 0 Å². The van der Waals surface area contributed by atoms with Crippen molar-refractivity contribution < 1.29 is 9.53 Å². The van der Waals surface area contributed by atoms with E-state index >= 15 is 0 Å². The Balaban J connectivity index is 2.11. The molecule has 0 bridgehead atoms. The number of amides is 1. The summed E-state index contributed by atoms with van der Waals surface area (Å²) in [7, 11) is 0. The molecule has 0 aliphatic carbocycles. The zero-order chi connectivity index (χ0) is 13.2. The van der Waals surface area contributed by atoms with E-state index in [0.29, 0.717) is 0 Å². The molecule has 4 nitrogen and oxygen atoms in total. The van der Waals surface area contributed by atoms with Crippen LogP contribution in [0, 0.1) is 0 Å². The summed E-state index contributed by atoms with van der Waals surface area (Å²) in [5.74, 6) is 0. The minimum atomic E-state index is -0.445. The number of nitrogens with zero attached hydrogens (tertiary/aromatic N) is 2. The second kappa shape index (κ2) is 4.96. The van der Waals surface area contributed by atoms with Crippen LogP contribution in [0.4, 0.5) is 4.79 Å². The van der Waals surface area contributed by atoms with E-state index < -0.39 is 5.60 Å². The number of likely N-dealkylation sites (tertiary alicyclic amines) is 1. The summed E-state index contributed by atoms with van der Waals surface area (Å²) in [6.45, 7) is 6.43. The van der Waals surface area contributed by atoms with Gasteiger partial charge in [-0.2, -0.15) is 0 Å². The van der Waals surface area contributed by atoms with Gasteiger partial charge in [0.05, 0.1) is 6.04 Å². The normalized spacial score (nSPS) is 19.9. The maximum atomic E-state index is 12.1. The maximum absolute atomic E-state index is 12.1. The molecule has 1 saturated heterocycles. The number of hydrogen-bond donors (Lipinski definition) is 0. The molecule has 2 rings (SSSR count). The minimum absolute atomic E-state index is 0.105. The highest BCUT2D eigenvalue weighted by Crippen LogP contribution is 2.32. The summed E-state index contributed by atoms with van der Waals surface area (Å²) in [6, 6.07) is 4.02. The van der Waals surface area contributed by atoms with Crippen LogP contribution >= 0.6 is 0 Å². The second-order valence-electron chi connectivity index (χ2n) is 5.62. The van der Waals surface area contributed by atoms with Gasteiger partial charge in [0, 0.05) is 18.9 Å². The molecule has 1 aromatic rings. The number of aromatic nitrogens is 1. The highest BCUT2D eigenvalue weighted by Gasteiger charge is 2.33. The molecule has 98 valence electrons. The van der Waals surface area contributed by atoms with Gasteiger partial charge in [-0.3, -0.25) is 4.98 Å². The zero-order valence-electron chi connectivity index (χ0n) is 11.2. The van der Waals surface area contributed by atoms with Gasteiger partial charge in [-0.15, -0.1) is 0 Å². The molecule has 0 saturated carbocycles. The average molecular weight is 248 g/mol. The molecule has 1 fully saturated rings. The summed E-state index contributed by atoms with van der Waals surface area (Å²) in [4.78, 5) is 18.1. The van der Waals surface area contributed by atoms with E-state index in [1.54, 1.807) is 6.20 Å². The fourth-order valence-electron chi connectivity index (χ4n) is 2.23. The lowest BCUT2D eigenvalue weighted by Gasteiger charge is -2.28. The summed E-state index contributed by atoms with van der Waals surface area (Å²) >= 11 is 0. The Bertz CT molecular complexity index is 412. The predicted molar refractivity (Wildman–Crippen MR) is 69.2 cm³/mol. The highest BCUT2D eigenvalue weighted by molar-refractivity contribution is 5.69. The Morgan fingerprint density at radius 2 is 2.28 bits per heavy atom. The molecule has 0 radical (unpaired) electrons. The van der Waals surface area contributed by atoms with Crippen molar-refractivity contribution in [1.82, 2.24) is 9.88 Å². The van der Waals surface area contributed by atoms with E-state index in [1.807, 2.05) is 44.0 Å². The van der Waals surface area contributed by atoms with Crippen LogP contribution in [0.2, 0.25) is 0 Å². The largest absolute Gasteiger partial charge is 0.444 e. The molecule has 0 aromatic carbocycles. The summed E-state index contributed by atoms with van der Waals surface area (Å²) in [5.41, 5.74) is 0.639. The fourth-order valence-corrected chi connectivity index (χ4v) is 2.23. The van der Waals surface area contributed by atoms with E-state index in [2.05, 4.69) is 4.98 Å². The van der Waals surface area contributed by atoms with Crippen LogP contribution in [-0.2, 0) is 4.74 Å². The highest BCUT2D eigenvalue weighted by atomic mass is 16.6. The lowest BCUT2D eigenvalue weighted by Crippen LogP contribution is -2.36. The van der Waals surface area contributed by atoms with Gasteiger partial charge in [0.15, 0.2) is 0 Å². The third-order valence-electron chi connectivity index (χ3n) is 2.95. The van der Waals surface area contributed by atoms with Crippen LogP contribution < -0.4 is 0 Å². The van der Waals surface area contributed by atoms with E-state index in [-0.39, 0.29) is 12.1 Å². The van der Waals surface area contributed by atoms with Crippen LogP contribution in [0.5, 0.6) is 0 Å². The summed E-state index contributed by atoms with van der Waals surface area (Å²) < 4.78 is 5.44. The maximum Gasteiger partial charge on any atom is 0.410 e. The van der Waals surface area contributed by atoms with Crippen molar-refractivity contribution in [2.45, 2.75) is 45.3 Å². The number of carbonyl (C=O) groups is 1. The van der Waals surface area contributed by atoms with Gasteiger partial charge < -0.3 is 9.64 Å². The van der Waals surface area contributed by atoms with E-state index in [1.165, 1.54) is 0 Å². The third kappa shape index (κ3) is 3.00. The number of rotatable bonds is 1. The first kappa shape index (κ1) is 12.9. The fraction of sp³-hybridized carbons (Fsp3) is 0.571. The molecule has 0 unspecified atom stereocenters. The average Bonchev–Trinajstić information content (AvgIpc) is 2.76. The molecule has 0 N–H and O–H groups in total. The standard InChI is InChI=1S/C14H20N2O2/c1-14(2,3)18-13(17)16-9-5-7-12(16)11-6-4-8-15-10-11/h4,6,8,10,12H,5,7,9H2,1-3H3/t12-/m1/s1. The van der Waals surface area contributed by atoms with Gasteiger partial charge in [0.2, 0.25) is 0 Å². The lowest BCUT2D eigenvalue weighted by molar-refractivity contribution is 0.0224. The van der Waals surface area contributed by atoms with Crippen LogP contribution in [0.15, 0.2) is 24.5 Å². The van der Waals surface area contributed by atoms with Crippen molar-refractivity contribution in [2.75, 3.05) is 6.54 Å². The Morgan fingerprint density at radius 1 is 1.50 bits per heavy atom. The van der Waals surface area contributed by atoms with Crippen molar-refractivity contribution in [3.05, 3.63) is 30.1 Å². The molecule has 1 amide bonds. The quantitative estimate of drug-likeness (QED) is 0.766. The summed E-state index contributed by atoms with van der Waals surface area (Å²) in [6.07, 6.45) is 5.33. The molecule has 1 aliphatic heterocycles. The van der Waals surface area contributed by atoms with E-state index in [4.69, 9.17) is 4.74 Å². The second-order valence-corrected chi connectivity index (χ2v) is 5.62. The van der Waals surface area contributed by atoms with Crippen molar-refractivity contribution >= 4 is 6.09 Å². The summed E-state index contributed by atoms with van der Waals surface area (Å²) in [5, 5.41) is 0. The predicted octanol–water partition coefficient (Wildman–Crippen LogP) is 3.15.